The summed E-state index contributed by atoms with van der Waals surface area (Å²) in [5.74, 6) is 1.57. The monoisotopic (exact) mass is 315 g/mol. The summed E-state index contributed by atoms with van der Waals surface area (Å²) < 4.78 is 7.06. The molecule has 1 aliphatic carbocycles. The predicted molar refractivity (Wildman–Crippen MR) is 82.7 cm³/mol. The van der Waals surface area contributed by atoms with Gasteiger partial charge < -0.3 is 15.2 Å². The summed E-state index contributed by atoms with van der Waals surface area (Å²) in [4.78, 5) is 14.5. The summed E-state index contributed by atoms with van der Waals surface area (Å²) in [6.07, 6.45) is 5.91. The average molecular weight is 315 g/mol. The number of carbonyl (C=O) groups is 1. The Hall–Kier alpha value is -2.15. The quantitative estimate of drug-likeness (QED) is 0.914. The zero-order valence-electron chi connectivity index (χ0n) is 13.2. The number of aromatic nitrogens is 3. The van der Waals surface area contributed by atoms with Gasteiger partial charge in [-0.15, -0.1) is 0 Å². The first-order chi connectivity index (χ1) is 11.1. The fourth-order valence-electron chi connectivity index (χ4n) is 3.84. The van der Waals surface area contributed by atoms with Gasteiger partial charge in [-0.3, -0.25) is 9.48 Å². The SMILES string of the molecule is Cc1cnn(Cc2cc(C(=O)N3CC4CCC(N)C4C3)no2)c1. The van der Waals surface area contributed by atoms with Crippen molar-refractivity contribution in [3.05, 3.63) is 35.5 Å². The first-order valence-corrected chi connectivity index (χ1v) is 8.09. The average Bonchev–Trinajstić information content (AvgIpc) is 3.27. The number of nitrogens with zero attached hydrogens (tertiary/aromatic N) is 4. The Labute approximate surface area is 134 Å². The molecule has 2 aromatic heterocycles. The zero-order valence-corrected chi connectivity index (χ0v) is 13.2. The number of likely N-dealkylation sites (tertiary alicyclic amines) is 1. The Bertz CT molecular complexity index is 722. The van der Waals surface area contributed by atoms with E-state index in [-0.39, 0.29) is 11.9 Å². The third kappa shape index (κ3) is 2.65. The number of carbonyl (C=O) groups excluding carboxylic acids is 1. The van der Waals surface area contributed by atoms with E-state index in [2.05, 4.69) is 10.3 Å². The molecule has 7 heteroatoms. The number of hydrogen-bond donors (Lipinski definition) is 1. The normalized spacial score (nSPS) is 26.7. The van der Waals surface area contributed by atoms with Crippen LogP contribution in [0.2, 0.25) is 0 Å². The predicted octanol–water partition coefficient (Wildman–Crippen LogP) is 1.04. The highest BCUT2D eigenvalue weighted by molar-refractivity contribution is 5.92. The fourth-order valence-corrected chi connectivity index (χ4v) is 3.84. The Balaban J connectivity index is 1.43. The molecule has 2 aromatic rings. The van der Waals surface area contributed by atoms with Gasteiger partial charge in [0.05, 0.1) is 6.20 Å². The van der Waals surface area contributed by atoms with Gasteiger partial charge in [0.2, 0.25) is 0 Å². The van der Waals surface area contributed by atoms with Crippen LogP contribution in [0.1, 0.15) is 34.7 Å². The summed E-state index contributed by atoms with van der Waals surface area (Å²) in [5, 5.41) is 8.15. The Morgan fingerprint density at radius 3 is 3.04 bits per heavy atom. The molecule has 0 aromatic carbocycles. The van der Waals surface area contributed by atoms with Crippen molar-refractivity contribution in [2.24, 2.45) is 17.6 Å². The van der Waals surface area contributed by atoms with Gasteiger partial charge in [-0.1, -0.05) is 5.16 Å². The van der Waals surface area contributed by atoms with Crippen LogP contribution in [0.5, 0.6) is 0 Å². The lowest BCUT2D eigenvalue weighted by atomic mass is 9.98. The van der Waals surface area contributed by atoms with Crippen LogP contribution >= 0.6 is 0 Å². The lowest BCUT2D eigenvalue weighted by Gasteiger charge is -2.17. The van der Waals surface area contributed by atoms with E-state index in [4.69, 9.17) is 10.3 Å². The van der Waals surface area contributed by atoms with E-state index in [0.717, 1.165) is 31.5 Å². The van der Waals surface area contributed by atoms with Crippen molar-refractivity contribution in [3.8, 4) is 0 Å². The van der Waals surface area contributed by atoms with Crippen LogP contribution in [-0.2, 0) is 6.54 Å². The van der Waals surface area contributed by atoms with Gasteiger partial charge >= 0.3 is 0 Å². The molecule has 122 valence electrons. The van der Waals surface area contributed by atoms with Gasteiger partial charge in [0, 0.05) is 31.4 Å². The minimum Gasteiger partial charge on any atom is -0.359 e. The summed E-state index contributed by atoms with van der Waals surface area (Å²) in [6, 6.07) is 1.95. The smallest absolute Gasteiger partial charge is 0.276 e. The van der Waals surface area contributed by atoms with Crippen molar-refractivity contribution < 1.29 is 9.32 Å². The highest BCUT2D eigenvalue weighted by Gasteiger charge is 2.43. The van der Waals surface area contributed by atoms with Crippen LogP contribution in [0.3, 0.4) is 0 Å². The van der Waals surface area contributed by atoms with Crippen molar-refractivity contribution in [2.45, 2.75) is 32.4 Å². The molecule has 4 rings (SSSR count). The second-order valence-corrected chi connectivity index (χ2v) is 6.77. The number of amides is 1. The molecule has 1 saturated heterocycles. The zero-order chi connectivity index (χ0) is 16.0. The molecule has 3 atom stereocenters. The molecule has 1 amide bonds. The molecule has 1 saturated carbocycles. The van der Waals surface area contributed by atoms with Crippen LogP contribution in [0.25, 0.3) is 0 Å². The molecule has 2 aliphatic rings. The first kappa shape index (κ1) is 14.4. The molecule has 3 heterocycles. The lowest BCUT2D eigenvalue weighted by Crippen LogP contribution is -2.33. The van der Waals surface area contributed by atoms with Crippen LogP contribution in [0, 0.1) is 18.8 Å². The molecule has 7 nitrogen and oxygen atoms in total. The van der Waals surface area contributed by atoms with E-state index >= 15 is 0 Å². The van der Waals surface area contributed by atoms with Gasteiger partial charge in [0.15, 0.2) is 11.5 Å². The topological polar surface area (TPSA) is 90.2 Å². The molecule has 0 bridgehead atoms. The summed E-state index contributed by atoms with van der Waals surface area (Å²) in [5.41, 5.74) is 7.59. The summed E-state index contributed by atoms with van der Waals surface area (Å²) in [7, 11) is 0. The fraction of sp³-hybridized carbons (Fsp3) is 0.562. The van der Waals surface area contributed by atoms with Crippen molar-refractivity contribution in [3.63, 3.8) is 0 Å². The van der Waals surface area contributed by atoms with E-state index in [9.17, 15) is 4.79 Å². The van der Waals surface area contributed by atoms with E-state index in [1.807, 2.05) is 18.0 Å². The van der Waals surface area contributed by atoms with E-state index < -0.39 is 0 Å². The van der Waals surface area contributed by atoms with Crippen molar-refractivity contribution >= 4 is 5.91 Å². The Morgan fingerprint density at radius 2 is 2.30 bits per heavy atom. The lowest BCUT2D eigenvalue weighted by molar-refractivity contribution is 0.0769. The van der Waals surface area contributed by atoms with Crippen molar-refractivity contribution in [1.82, 2.24) is 19.8 Å². The molecule has 3 unspecified atom stereocenters. The maximum Gasteiger partial charge on any atom is 0.276 e. The molecule has 23 heavy (non-hydrogen) atoms. The number of fused-ring (bicyclic) bond motifs is 1. The maximum absolute atomic E-state index is 12.6. The van der Waals surface area contributed by atoms with E-state index in [0.29, 0.717) is 29.8 Å². The highest BCUT2D eigenvalue weighted by atomic mass is 16.5. The first-order valence-electron chi connectivity index (χ1n) is 8.09. The molecule has 2 fully saturated rings. The van der Waals surface area contributed by atoms with Crippen LogP contribution < -0.4 is 5.73 Å². The van der Waals surface area contributed by atoms with Gasteiger partial charge in [0.1, 0.15) is 6.54 Å². The van der Waals surface area contributed by atoms with E-state index in [1.54, 1.807) is 16.9 Å². The second kappa shape index (κ2) is 5.49. The summed E-state index contributed by atoms with van der Waals surface area (Å²) >= 11 is 0. The van der Waals surface area contributed by atoms with Gasteiger partial charge in [-0.2, -0.15) is 5.10 Å². The van der Waals surface area contributed by atoms with Crippen molar-refractivity contribution in [2.75, 3.05) is 13.1 Å². The number of aryl methyl sites for hydroxylation is 1. The third-order valence-corrected chi connectivity index (χ3v) is 5.06. The molecule has 1 aliphatic heterocycles. The second-order valence-electron chi connectivity index (χ2n) is 6.77. The Morgan fingerprint density at radius 1 is 1.43 bits per heavy atom. The van der Waals surface area contributed by atoms with E-state index in [1.165, 1.54) is 0 Å². The molecular formula is C16H21N5O2. The molecule has 2 N–H and O–H groups in total. The van der Waals surface area contributed by atoms with Crippen LogP contribution in [0.15, 0.2) is 23.0 Å². The summed E-state index contributed by atoms with van der Waals surface area (Å²) in [6.45, 7) is 3.99. The van der Waals surface area contributed by atoms with Gasteiger partial charge in [-0.25, -0.2) is 0 Å². The third-order valence-electron chi connectivity index (χ3n) is 5.06. The number of rotatable bonds is 3. The molecule has 0 radical (unpaired) electrons. The van der Waals surface area contributed by atoms with Gasteiger partial charge in [-0.05, 0) is 37.2 Å². The minimum atomic E-state index is -0.0572. The number of hydrogen-bond acceptors (Lipinski definition) is 5. The minimum absolute atomic E-state index is 0.0572. The standard InChI is InChI=1S/C16H21N5O2/c1-10-5-18-21(6-10)8-12-4-15(19-23-12)16(22)20-7-11-2-3-14(17)13(11)9-20/h4-6,11,13-14H,2-3,7-9,17H2,1H3. The van der Waals surface area contributed by atoms with Crippen molar-refractivity contribution in [1.29, 1.82) is 0 Å². The molecule has 0 spiro atoms. The number of nitrogens with two attached hydrogens (primary N) is 1. The van der Waals surface area contributed by atoms with Crippen LogP contribution in [-0.4, -0.2) is 44.9 Å². The highest BCUT2D eigenvalue weighted by Crippen LogP contribution is 2.37. The largest absolute Gasteiger partial charge is 0.359 e. The van der Waals surface area contributed by atoms with Crippen LogP contribution in [0.4, 0.5) is 0 Å². The molecular weight excluding hydrogens is 294 g/mol. The Kier molecular flexibility index (Phi) is 3.45. The maximum atomic E-state index is 12.6. The van der Waals surface area contributed by atoms with Gasteiger partial charge in [0.25, 0.3) is 5.91 Å².